The number of carboxylic acids is 1. The monoisotopic (exact) mass is 683 g/mol. The lowest BCUT2D eigenvalue weighted by Crippen LogP contribution is -2.21. The Balaban J connectivity index is 1.15. The second-order valence-electron chi connectivity index (χ2n) is 12.6. The lowest BCUT2D eigenvalue weighted by atomic mass is 9.84. The highest BCUT2D eigenvalue weighted by Crippen LogP contribution is 2.46. The molecule has 0 unspecified atom stereocenters. The number of hydrogen-bond donors (Lipinski definition) is 1. The van der Waals surface area contributed by atoms with Gasteiger partial charge in [0.15, 0.2) is 0 Å². The molecule has 244 valence electrons. The van der Waals surface area contributed by atoms with Gasteiger partial charge in [0.05, 0.1) is 5.56 Å². The number of aromatic nitrogens is 1. The van der Waals surface area contributed by atoms with Crippen molar-refractivity contribution in [2.24, 2.45) is 0 Å². The van der Waals surface area contributed by atoms with Gasteiger partial charge in [0.1, 0.15) is 18.2 Å². The van der Waals surface area contributed by atoms with E-state index in [0.717, 1.165) is 75.9 Å². The van der Waals surface area contributed by atoms with Gasteiger partial charge in [-0.2, -0.15) is 5.26 Å². The van der Waals surface area contributed by atoms with E-state index in [1.807, 2.05) is 43.4 Å². The van der Waals surface area contributed by atoms with Gasteiger partial charge in [-0.05, 0) is 96.4 Å². The van der Waals surface area contributed by atoms with E-state index in [1.54, 1.807) is 17.4 Å². The summed E-state index contributed by atoms with van der Waals surface area (Å²) in [6.07, 6.45) is 1.40. The number of rotatable bonds is 8. The van der Waals surface area contributed by atoms with Crippen LogP contribution in [0.5, 0.6) is 0 Å². The second-order valence-corrected chi connectivity index (χ2v) is 14.8. The Morgan fingerprint density at radius 1 is 0.939 bits per heavy atom. The molecular weight excluding hydrogens is 651 g/mol. The third kappa shape index (κ3) is 5.53. The molecule has 0 saturated carbocycles. The fourth-order valence-electron chi connectivity index (χ4n) is 6.62. The van der Waals surface area contributed by atoms with Crippen molar-refractivity contribution in [2.75, 3.05) is 11.9 Å². The minimum absolute atomic E-state index is 0.162. The van der Waals surface area contributed by atoms with Crippen LogP contribution in [-0.4, -0.2) is 28.7 Å². The normalized spacial score (nSPS) is 14.0. The number of fused-ring (bicyclic) bond motifs is 4. The van der Waals surface area contributed by atoms with E-state index in [-0.39, 0.29) is 23.6 Å². The standard InChI is InChI=1S/C40H33N3O4S2/c1-6-43-32-11-7-24(22-47-39(46)26-9-13-34-31(20-26)40(3,4)23(2)42(34)5)17-29(32)30-19-25(8-12-33(30)43)35-15-16-37(49-35)36-14-10-28(48-36)18-27(21-41)38(44)45/h7-20H,2,6,22H2,1,3-5H3,(H,44,45)/b27-18+. The van der Waals surface area contributed by atoms with Crippen molar-refractivity contribution < 1.29 is 19.4 Å². The highest BCUT2D eigenvalue weighted by atomic mass is 32.1. The van der Waals surface area contributed by atoms with E-state index in [1.165, 1.54) is 17.4 Å². The molecule has 0 amide bonds. The quantitative estimate of drug-likeness (QED) is 0.0975. The Hall–Kier alpha value is -5.43. The Bertz CT molecular complexity index is 2420. The SMILES string of the molecule is C=C1N(C)c2ccc(C(=O)OCc3ccc4c(c3)c3cc(-c5ccc(-c6ccc(/C=C(\C#N)C(=O)O)s6)s5)ccc3n4CC)cc2C1(C)C. The van der Waals surface area contributed by atoms with Crippen molar-refractivity contribution in [2.45, 2.75) is 39.3 Å². The van der Waals surface area contributed by atoms with Gasteiger partial charge in [-0.3, -0.25) is 0 Å². The summed E-state index contributed by atoms with van der Waals surface area (Å²) < 4.78 is 8.14. The molecule has 9 heteroatoms. The number of carboxylic acid groups (broad SMARTS) is 1. The Morgan fingerprint density at radius 2 is 1.63 bits per heavy atom. The number of carbonyl (C=O) groups excluding carboxylic acids is 1. The fourth-order valence-corrected chi connectivity index (χ4v) is 8.66. The molecule has 3 aromatic heterocycles. The maximum Gasteiger partial charge on any atom is 0.346 e. The summed E-state index contributed by atoms with van der Waals surface area (Å²) in [5, 5.41) is 20.5. The molecule has 0 aliphatic carbocycles. The van der Waals surface area contributed by atoms with Crippen LogP contribution in [0.3, 0.4) is 0 Å². The maximum atomic E-state index is 13.2. The van der Waals surface area contributed by atoms with E-state index in [2.05, 4.69) is 79.3 Å². The number of likely N-dealkylation sites (N-methyl/N-ethyl adjacent to an activating group) is 1. The zero-order chi connectivity index (χ0) is 34.6. The number of nitriles is 1. The molecule has 1 N–H and O–H groups in total. The molecule has 7 nitrogen and oxygen atoms in total. The minimum atomic E-state index is -1.23. The summed E-state index contributed by atoms with van der Waals surface area (Å²) in [5.74, 6) is -1.59. The summed E-state index contributed by atoms with van der Waals surface area (Å²) in [6.45, 7) is 11.6. The maximum absolute atomic E-state index is 13.2. The molecule has 0 spiro atoms. The highest BCUT2D eigenvalue weighted by molar-refractivity contribution is 7.24. The van der Waals surface area contributed by atoms with Gasteiger partial charge in [0.25, 0.3) is 0 Å². The van der Waals surface area contributed by atoms with Crippen molar-refractivity contribution in [3.8, 4) is 26.3 Å². The Kier molecular flexibility index (Phi) is 8.02. The van der Waals surface area contributed by atoms with Gasteiger partial charge in [0, 0.05) is 71.7 Å². The number of carbonyl (C=O) groups is 2. The number of nitrogens with zero attached hydrogens (tertiary/aromatic N) is 3. The molecule has 1 aliphatic heterocycles. The molecular formula is C40H33N3O4S2. The third-order valence-electron chi connectivity index (χ3n) is 9.41. The number of aliphatic carboxylic acids is 1. The van der Waals surface area contributed by atoms with Gasteiger partial charge in [-0.15, -0.1) is 22.7 Å². The first-order valence-electron chi connectivity index (χ1n) is 15.8. The van der Waals surface area contributed by atoms with Gasteiger partial charge < -0.3 is 19.3 Å². The molecule has 1 aliphatic rings. The smallest absolute Gasteiger partial charge is 0.346 e. The minimum Gasteiger partial charge on any atom is -0.477 e. The molecule has 0 radical (unpaired) electrons. The number of thiophene rings is 2. The van der Waals surface area contributed by atoms with Crippen LogP contribution in [0.1, 0.15) is 47.1 Å². The number of benzene rings is 3. The van der Waals surface area contributed by atoms with Crippen molar-refractivity contribution in [3.63, 3.8) is 0 Å². The van der Waals surface area contributed by atoms with E-state index < -0.39 is 5.97 Å². The lowest BCUT2D eigenvalue weighted by Gasteiger charge is -2.22. The van der Waals surface area contributed by atoms with Crippen LogP contribution in [0.15, 0.2) is 96.7 Å². The molecule has 49 heavy (non-hydrogen) atoms. The predicted molar refractivity (Wildman–Crippen MR) is 199 cm³/mol. The van der Waals surface area contributed by atoms with E-state index in [0.29, 0.717) is 5.56 Å². The molecule has 0 saturated heterocycles. The number of aryl methyl sites for hydroxylation is 1. The molecule has 0 bridgehead atoms. The number of hydrogen-bond acceptors (Lipinski definition) is 7. The number of esters is 1. The third-order valence-corrected chi connectivity index (χ3v) is 11.8. The summed E-state index contributed by atoms with van der Waals surface area (Å²) in [4.78, 5) is 30.4. The molecule has 0 atom stereocenters. The van der Waals surface area contributed by atoms with Gasteiger partial charge in [-0.1, -0.05) is 32.6 Å². The summed E-state index contributed by atoms with van der Waals surface area (Å²) >= 11 is 3.12. The second kappa shape index (κ2) is 12.2. The van der Waals surface area contributed by atoms with Crippen LogP contribution in [0.25, 0.3) is 48.1 Å². The van der Waals surface area contributed by atoms with Gasteiger partial charge >= 0.3 is 11.9 Å². The topological polar surface area (TPSA) is 95.6 Å². The first-order chi connectivity index (χ1) is 23.5. The average molecular weight is 684 g/mol. The Labute approximate surface area is 292 Å². The van der Waals surface area contributed by atoms with Crippen molar-refractivity contribution in [1.82, 2.24) is 4.57 Å². The predicted octanol–water partition coefficient (Wildman–Crippen LogP) is 9.86. The molecule has 0 fully saturated rings. The van der Waals surface area contributed by atoms with Crippen molar-refractivity contribution >= 4 is 68.2 Å². The van der Waals surface area contributed by atoms with Crippen molar-refractivity contribution in [3.05, 3.63) is 118 Å². The summed E-state index contributed by atoms with van der Waals surface area (Å²) in [6, 6.07) is 28.2. The van der Waals surface area contributed by atoms with E-state index in [9.17, 15) is 14.7 Å². The van der Waals surface area contributed by atoms with Gasteiger partial charge in [-0.25, -0.2) is 9.59 Å². The molecule has 6 aromatic rings. The van der Waals surface area contributed by atoms with Crippen LogP contribution in [0.4, 0.5) is 5.69 Å². The van der Waals surface area contributed by atoms with Crippen LogP contribution in [0.2, 0.25) is 0 Å². The largest absolute Gasteiger partial charge is 0.477 e. The number of allylic oxidation sites excluding steroid dienone is 1. The summed E-state index contributed by atoms with van der Waals surface area (Å²) in [5.41, 5.74) is 7.38. The van der Waals surface area contributed by atoms with Crippen LogP contribution >= 0.6 is 22.7 Å². The molecule has 4 heterocycles. The summed E-state index contributed by atoms with van der Waals surface area (Å²) in [7, 11) is 2.00. The zero-order valence-corrected chi connectivity index (χ0v) is 29.2. The number of anilines is 1. The Morgan fingerprint density at radius 3 is 2.37 bits per heavy atom. The molecule has 3 aromatic carbocycles. The van der Waals surface area contributed by atoms with Crippen molar-refractivity contribution in [1.29, 1.82) is 5.26 Å². The highest BCUT2D eigenvalue weighted by Gasteiger charge is 2.37. The zero-order valence-electron chi connectivity index (χ0n) is 27.5. The molecule has 7 rings (SSSR count). The van der Waals surface area contributed by atoms with Crippen LogP contribution in [-0.2, 0) is 28.1 Å². The van der Waals surface area contributed by atoms with Gasteiger partial charge in [0.2, 0.25) is 0 Å². The first kappa shape index (κ1) is 32.1. The van der Waals surface area contributed by atoms with Crippen LogP contribution < -0.4 is 4.90 Å². The number of ether oxygens (including phenoxy) is 1. The fraction of sp³-hybridized carbons (Fsp3) is 0.175. The first-order valence-corrected chi connectivity index (χ1v) is 17.5. The van der Waals surface area contributed by atoms with Crippen LogP contribution in [0, 0.1) is 11.3 Å². The average Bonchev–Trinajstić information content (AvgIpc) is 3.88. The van der Waals surface area contributed by atoms with E-state index >= 15 is 0 Å². The van der Waals surface area contributed by atoms with E-state index in [4.69, 9.17) is 10.00 Å². The lowest BCUT2D eigenvalue weighted by molar-refractivity contribution is -0.132.